The summed E-state index contributed by atoms with van der Waals surface area (Å²) in [4.78, 5) is 22.5. The summed E-state index contributed by atoms with van der Waals surface area (Å²) in [7, 11) is 0. The van der Waals surface area contributed by atoms with Gasteiger partial charge in [0.2, 0.25) is 0 Å². The molecule has 3 aromatic rings. The van der Waals surface area contributed by atoms with Crippen molar-refractivity contribution in [1.82, 2.24) is 5.32 Å². The summed E-state index contributed by atoms with van der Waals surface area (Å²) in [5.41, 5.74) is 4.40. The third-order valence-corrected chi connectivity index (χ3v) is 5.37. The number of benzene rings is 3. The predicted molar refractivity (Wildman–Crippen MR) is 118 cm³/mol. The normalized spacial score (nSPS) is 11.7. The molecule has 0 radical (unpaired) electrons. The Hall–Kier alpha value is -4.18. The molecule has 0 bridgehead atoms. The lowest BCUT2D eigenvalue weighted by atomic mass is 9.98. The Morgan fingerprint density at radius 2 is 1.75 bits per heavy atom. The number of carbonyl (C=O) groups excluding carboxylic acids is 1. The van der Waals surface area contributed by atoms with Crippen molar-refractivity contribution in [2.45, 2.75) is 12.8 Å². The number of alkyl carbamates (subject to hydrolysis) is 1. The van der Waals surface area contributed by atoms with Gasteiger partial charge in [0, 0.05) is 17.5 Å². The van der Waals surface area contributed by atoms with E-state index in [1.54, 1.807) is 0 Å². The fourth-order valence-electron chi connectivity index (χ4n) is 3.86. The lowest BCUT2D eigenvalue weighted by Crippen LogP contribution is -2.26. The van der Waals surface area contributed by atoms with Gasteiger partial charge < -0.3 is 10.1 Å². The molecule has 0 saturated heterocycles. The van der Waals surface area contributed by atoms with Gasteiger partial charge in [-0.05, 0) is 35.2 Å². The number of ether oxygens (including phenoxy) is 1. The van der Waals surface area contributed by atoms with E-state index in [1.807, 2.05) is 36.4 Å². The van der Waals surface area contributed by atoms with Crippen LogP contribution in [0.3, 0.4) is 0 Å². The van der Waals surface area contributed by atoms with Crippen LogP contribution < -0.4 is 5.32 Å². The van der Waals surface area contributed by atoms with E-state index in [0.717, 1.165) is 34.4 Å². The Kier molecular flexibility index (Phi) is 5.86. The molecule has 32 heavy (non-hydrogen) atoms. The van der Waals surface area contributed by atoms with Gasteiger partial charge in [0.15, 0.2) is 0 Å². The second-order valence-corrected chi connectivity index (χ2v) is 7.36. The van der Waals surface area contributed by atoms with Crippen molar-refractivity contribution in [3.63, 3.8) is 0 Å². The van der Waals surface area contributed by atoms with Crippen molar-refractivity contribution in [3.05, 3.63) is 98.8 Å². The molecule has 0 saturated carbocycles. The maximum absolute atomic E-state index is 14.0. The van der Waals surface area contributed by atoms with Crippen molar-refractivity contribution in [2.24, 2.45) is 0 Å². The molecule has 0 unspecified atom stereocenters. The smallest absolute Gasteiger partial charge is 0.407 e. The maximum atomic E-state index is 14.0. The largest absolute Gasteiger partial charge is 0.449 e. The first-order valence-corrected chi connectivity index (χ1v) is 9.98. The highest BCUT2D eigenvalue weighted by molar-refractivity contribution is 5.79. The van der Waals surface area contributed by atoms with E-state index in [2.05, 4.69) is 29.3 Å². The van der Waals surface area contributed by atoms with Crippen LogP contribution >= 0.6 is 0 Å². The molecule has 1 aliphatic carbocycles. The number of amides is 1. The molecule has 0 spiro atoms. The summed E-state index contributed by atoms with van der Waals surface area (Å²) < 4.78 is 19.4. The minimum Gasteiger partial charge on any atom is -0.449 e. The molecular formula is C25H19FN2O4. The molecule has 0 fully saturated rings. The number of nitrogens with zero attached hydrogens (tertiary/aromatic N) is 1. The van der Waals surface area contributed by atoms with Gasteiger partial charge in [-0.3, -0.25) is 10.1 Å². The summed E-state index contributed by atoms with van der Waals surface area (Å²) in [6, 6.07) is 18.2. The molecule has 4 rings (SSSR count). The average Bonchev–Trinajstić information content (AvgIpc) is 3.10. The highest BCUT2D eigenvalue weighted by atomic mass is 19.1. The average molecular weight is 430 g/mol. The lowest BCUT2D eigenvalue weighted by Gasteiger charge is -2.14. The van der Waals surface area contributed by atoms with E-state index in [4.69, 9.17) is 4.74 Å². The molecule has 0 atom stereocenters. The second-order valence-electron chi connectivity index (χ2n) is 7.36. The first-order chi connectivity index (χ1) is 15.5. The van der Waals surface area contributed by atoms with Crippen LogP contribution in [0.15, 0.2) is 60.7 Å². The molecule has 6 nitrogen and oxygen atoms in total. The predicted octanol–water partition coefficient (Wildman–Crippen LogP) is 4.93. The third kappa shape index (κ3) is 4.16. The number of fused-ring (bicyclic) bond motifs is 3. The van der Waals surface area contributed by atoms with E-state index in [-0.39, 0.29) is 35.9 Å². The molecule has 0 heterocycles. The third-order valence-electron chi connectivity index (χ3n) is 5.37. The maximum Gasteiger partial charge on any atom is 0.407 e. The Morgan fingerprint density at radius 1 is 1.12 bits per heavy atom. The summed E-state index contributed by atoms with van der Waals surface area (Å²) in [5.74, 6) is 4.40. The topological polar surface area (TPSA) is 81.5 Å². The number of aryl methyl sites for hydroxylation is 1. The van der Waals surface area contributed by atoms with Gasteiger partial charge in [0.25, 0.3) is 5.69 Å². The molecule has 0 aromatic heterocycles. The summed E-state index contributed by atoms with van der Waals surface area (Å²) >= 11 is 0. The molecule has 7 heteroatoms. The first-order valence-electron chi connectivity index (χ1n) is 9.98. The Balaban J connectivity index is 1.37. The Labute approximate surface area is 184 Å². The van der Waals surface area contributed by atoms with Crippen LogP contribution in [0.4, 0.5) is 14.9 Å². The molecule has 1 N–H and O–H groups in total. The van der Waals surface area contributed by atoms with Crippen molar-refractivity contribution >= 4 is 11.8 Å². The minimum absolute atomic E-state index is 0.0542. The van der Waals surface area contributed by atoms with Crippen molar-refractivity contribution < 1.29 is 18.8 Å². The van der Waals surface area contributed by atoms with Crippen molar-refractivity contribution in [2.75, 3.05) is 13.2 Å². The lowest BCUT2D eigenvalue weighted by molar-refractivity contribution is -0.385. The monoisotopic (exact) mass is 430 g/mol. The zero-order valence-corrected chi connectivity index (χ0v) is 17.2. The number of nitro benzene ring substituents is 1. The summed E-state index contributed by atoms with van der Waals surface area (Å²) in [6.07, 6.45) is -0.642. The van der Waals surface area contributed by atoms with E-state index < -0.39 is 16.8 Å². The summed E-state index contributed by atoms with van der Waals surface area (Å²) in [5, 5.41) is 13.5. The van der Waals surface area contributed by atoms with Gasteiger partial charge in [-0.25, -0.2) is 9.18 Å². The zero-order valence-electron chi connectivity index (χ0n) is 17.2. The number of carbonyl (C=O) groups is 1. The molecule has 160 valence electrons. The first kappa shape index (κ1) is 21.1. The van der Waals surface area contributed by atoms with Crippen LogP contribution in [0, 0.1) is 34.7 Å². The van der Waals surface area contributed by atoms with Crippen LogP contribution in [0.2, 0.25) is 0 Å². The Bertz CT molecular complexity index is 1230. The van der Waals surface area contributed by atoms with Crippen LogP contribution in [-0.2, 0) is 4.74 Å². The van der Waals surface area contributed by atoms with Crippen LogP contribution in [-0.4, -0.2) is 24.2 Å². The number of rotatable bonds is 4. The molecule has 1 amide bonds. The highest BCUT2D eigenvalue weighted by Gasteiger charge is 2.28. The fourth-order valence-corrected chi connectivity index (χ4v) is 3.86. The number of hydrogen-bond acceptors (Lipinski definition) is 4. The zero-order chi connectivity index (χ0) is 22.7. The fraction of sp³-hybridized carbons (Fsp3) is 0.160. The van der Waals surface area contributed by atoms with Gasteiger partial charge in [-0.1, -0.05) is 60.4 Å². The Morgan fingerprint density at radius 3 is 2.38 bits per heavy atom. The van der Waals surface area contributed by atoms with Crippen LogP contribution in [0.25, 0.3) is 11.1 Å². The van der Waals surface area contributed by atoms with Gasteiger partial charge in [0.05, 0.1) is 17.0 Å². The standard InChI is InChI=1S/C25H19FN2O4/c1-16-13-23(26)17(14-24(16)28(30)31)7-6-12-27-25(29)32-15-22-20-10-4-2-8-18(20)19-9-3-5-11-21(19)22/h2-5,8-11,13-14,22H,12,15H2,1H3,(H,27,29). The molecule has 0 aliphatic heterocycles. The van der Waals surface area contributed by atoms with Gasteiger partial charge >= 0.3 is 6.09 Å². The molecule has 1 aliphatic rings. The second kappa shape index (κ2) is 8.90. The van der Waals surface area contributed by atoms with Crippen LogP contribution in [0.1, 0.15) is 28.2 Å². The molecular weight excluding hydrogens is 411 g/mol. The summed E-state index contributed by atoms with van der Waals surface area (Å²) in [6.45, 7) is 1.54. The van der Waals surface area contributed by atoms with E-state index in [0.29, 0.717) is 0 Å². The minimum atomic E-state index is -0.651. The van der Waals surface area contributed by atoms with Crippen molar-refractivity contribution in [1.29, 1.82) is 0 Å². The van der Waals surface area contributed by atoms with E-state index in [1.165, 1.54) is 6.92 Å². The van der Waals surface area contributed by atoms with E-state index >= 15 is 0 Å². The van der Waals surface area contributed by atoms with E-state index in [9.17, 15) is 19.3 Å². The van der Waals surface area contributed by atoms with Crippen molar-refractivity contribution in [3.8, 4) is 23.0 Å². The number of hydrogen-bond donors (Lipinski definition) is 1. The quantitative estimate of drug-likeness (QED) is 0.361. The van der Waals surface area contributed by atoms with Gasteiger partial charge in [-0.2, -0.15) is 0 Å². The number of halogens is 1. The SMILES string of the molecule is Cc1cc(F)c(C#CCNC(=O)OCC2c3ccccc3-c3ccccc32)cc1[N+](=O)[O-]. The highest BCUT2D eigenvalue weighted by Crippen LogP contribution is 2.44. The number of nitrogens with one attached hydrogen (secondary N) is 1. The van der Waals surface area contributed by atoms with Gasteiger partial charge in [0.1, 0.15) is 12.4 Å². The number of nitro groups is 1. The van der Waals surface area contributed by atoms with Gasteiger partial charge in [-0.15, -0.1) is 0 Å². The van der Waals surface area contributed by atoms with Crippen LogP contribution in [0.5, 0.6) is 0 Å². The molecule has 3 aromatic carbocycles.